The maximum Gasteiger partial charge on any atom is 0.187 e. The van der Waals surface area contributed by atoms with Gasteiger partial charge in [0.15, 0.2) is 11.6 Å². The Kier molecular flexibility index (Phi) is 4.06. The predicted octanol–water partition coefficient (Wildman–Crippen LogP) is 2.86. The third-order valence-corrected chi connectivity index (χ3v) is 2.98. The Hall–Kier alpha value is -2.01. The molecule has 5 nitrogen and oxygen atoms in total. The molecular formula is C13H14ClN3O2. The molecule has 100 valence electrons. The molecule has 0 unspecified atom stereocenters. The van der Waals surface area contributed by atoms with Crippen LogP contribution in [0.15, 0.2) is 24.5 Å². The zero-order valence-corrected chi connectivity index (χ0v) is 11.7. The van der Waals surface area contributed by atoms with Crippen LogP contribution >= 0.6 is 11.6 Å². The minimum atomic E-state index is 0.549. The lowest BCUT2D eigenvalue weighted by Crippen LogP contribution is -2.00. The molecule has 0 aliphatic heterocycles. The van der Waals surface area contributed by atoms with Crippen LogP contribution in [0.2, 0.25) is 5.02 Å². The van der Waals surface area contributed by atoms with Gasteiger partial charge in [0.2, 0.25) is 0 Å². The van der Waals surface area contributed by atoms with Gasteiger partial charge < -0.3 is 14.8 Å². The van der Waals surface area contributed by atoms with E-state index >= 15 is 0 Å². The molecule has 0 radical (unpaired) electrons. The van der Waals surface area contributed by atoms with Gasteiger partial charge in [-0.15, -0.1) is 0 Å². The molecule has 0 bridgehead atoms. The topological polar surface area (TPSA) is 56.3 Å². The SMILES string of the molecule is CNc1ncnc(-c2ccc(Cl)c(OC)c2)c1OC. The van der Waals surface area contributed by atoms with Gasteiger partial charge in [0, 0.05) is 12.6 Å². The number of rotatable bonds is 4. The van der Waals surface area contributed by atoms with Gasteiger partial charge in [-0.05, 0) is 12.1 Å². The number of nitrogens with one attached hydrogen (secondary N) is 1. The van der Waals surface area contributed by atoms with E-state index in [1.165, 1.54) is 6.33 Å². The standard InChI is InChI=1S/C13H14ClN3O2/c1-15-13-12(19-3)11(16-7-17-13)8-4-5-9(14)10(6-8)18-2/h4-7H,1-3H3,(H,15,16,17). The molecule has 6 heteroatoms. The molecule has 1 aromatic carbocycles. The summed E-state index contributed by atoms with van der Waals surface area (Å²) in [4.78, 5) is 8.37. The van der Waals surface area contributed by atoms with Crippen molar-refractivity contribution in [3.8, 4) is 22.8 Å². The Morgan fingerprint density at radius 3 is 2.58 bits per heavy atom. The normalized spacial score (nSPS) is 10.1. The maximum atomic E-state index is 6.01. The summed E-state index contributed by atoms with van der Waals surface area (Å²) in [6.07, 6.45) is 1.48. The second-order valence-electron chi connectivity index (χ2n) is 3.70. The van der Waals surface area contributed by atoms with Crippen LogP contribution in [-0.2, 0) is 0 Å². The van der Waals surface area contributed by atoms with Gasteiger partial charge in [-0.3, -0.25) is 0 Å². The summed E-state index contributed by atoms with van der Waals surface area (Å²) in [5.41, 5.74) is 1.52. The molecule has 2 aromatic rings. The lowest BCUT2D eigenvalue weighted by molar-refractivity contribution is 0.413. The van der Waals surface area contributed by atoms with E-state index in [1.54, 1.807) is 27.3 Å². The van der Waals surface area contributed by atoms with Crippen LogP contribution < -0.4 is 14.8 Å². The summed E-state index contributed by atoms with van der Waals surface area (Å²) >= 11 is 6.01. The quantitative estimate of drug-likeness (QED) is 0.933. The van der Waals surface area contributed by atoms with Crippen molar-refractivity contribution in [1.29, 1.82) is 0 Å². The average Bonchev–Trinajstić information content (AvgIpc) is 2.46. The van der Waals surface area contributed by atoms with Crippen molar-refractivity contribution < 1.29 is 9.47 Å². The monoisotopic (exact) mass is 279 g/mol. The molecule has 0 aliphatic rings. The summed E-state index contributed by atoms with van der Waals surface area (Å²) in [6, 6.07) is 5.43. The molecule has 0 spiro atoms. The number of methoxy groups -OCH3 is 2. The van der Waals surface area contributed by atoms with Crippen LogP contribution in [0.5, 0.6) is 11.5 Å². The fourth-order valence-corrected chi connectivity index (χ4v) is 1.95. The molecular weight excluding hydrogens is 266 g/mol. The molecule has 1 aromatic heterocycles. The first kappa shape index (κ1) is 13.4. The predicted molar refractivity (Wildman–Crippen MR) is 75.1 cm³/mol. The lowest BCUT2D eigenvalue weighted by Gasteiger charge is -2.12. The Bertz CT molecular complexity index is 590. The highest BCUT2D eigenvalue weighted by molar-refractivity contribution is 6.32. The molecule has 0 amide bonds. The van der Waals surface area contributed by atoms with E-state index in [-0.39, 0.29) is 0 Å². The van der Waals surface area contributed by atoms with Crippen LogP contribution in [0.25, 0.3) is 11.3 Å². The van der Waals surface area contributed by atoms with Crippen molar-refractivity contribution in [3.05, 3.63) is 29.5 Å². The fraction of sp³-hybridized carbons (Fsp3) is 0.231. The van der Waals surface area contributed by atoms with Crippen molar-refractivity contribution in [1.82, 2.24) is 9.97 Å². The van der Waals surface area contributed by atoms with Crippen LogP contribution in [0.3, 0.4) is 0 Å². The Morgan fingerprint density at radius 2 is 1.95 bits per heavy atom. The summed E-state index contributed by atoms with van der Waals surface area (Å²) < 4.78 is 10.6. The van der Waals surface area contributed by atoms with Gasteiger partial charge in [0.1, 0.15) is 17.8 Å². The van der Waals surface area contributed by atoms with E-state index in [0.717, 1.165) is 5.56 Å². The first-order chi connectivity index (χ1) is 9.21. The Balaban J connectivity index is 2.58. The van der Waals surface area contributed by atoms with E-state index in [4.69, 9.17) is 21.1 Å². The second kappa shape index (κ2) is 5.75. The van der Waals surface area contributed by atoms with E-state index in [2.05, 4.69) is 15.3 Å². The van der Waals surface area contributed by atoms with Gasteiger partial charge in [0.25, 0.3) is 0 Å². The zero-order chi connectivity index (χ0) is 13.8. The Labute approximate surface area is 116 Å². The van der Waals surface area contributed by atoms with Crippen LogP contribution in [-0.4, -0.2) is 31.2 Å². The Morgan fingerprint density at radius 1 is 1.16 bits per heavy atom. The van der Waals surface area contributed by atoms with Crippen molar-refractivity contribution in [2.75, 3.05) is 26.6 Å². The molecule has 1 N–H and O–H groups in total. The van der Waals surface area contributed by atoms with E-state index in [9.17, 15) is 0 Å². The molecule has 1 heterocycles. The number of ether oxygens (including phenoxy) is 2. The first-order valence-corrected chi connectivity index (χ1v) is 5.99. The molecule has 19 heavy (non-hydrogen) atoms. The summed E-state index contributed by atoms with van der Waals surface area (Å²) in [5.74, 6) is 1.79. The van der Waals surface area contributed by atoms with Crippen LogP contribution in [0, 0.1) is 0 Å². The van der Waals surface area contributed by atoms with Crippen LogP contribution in [0.4, 0.5) is 5.82 Å². The number of anilines is 1. The third kappa shape index (κ3) is 2.56. The van der Waals surface area contributed by atoms with E-state index < -0.39 is 0 Å². The van der Waals surface area contributed by atoms with E-state index in [1.807, 2.05) is 12.1 Å². The summed E-state index contributed by atoms with van der Waals surface area (Å²) in [6.45, 7) is 0. The van der Waals surface area contributed by atoms with Gasteiger partial charge in [-0.1, -0.05) is 17.7 Å². The lowest BCUT2D eigenvalue weighted by atomic mass is 10.1. The smallest absolute Gasteiger partial charge is 0.187 e. The minimum absolute atomic E-state index is 0.549. The highest BCUT2D eigenvalue weighted by Gasteiger charge is 2.14. The van der Waals surface area contributed by atoms with Gasteiger partial charge >= 0.3 is 0 Å². The minimum Gasteiger partial charge on any atom is -0.495 e. The second-order valence-corrected chi connectivity index (χ2v) is 4.11. The van der Waals surface area contributed by atoms with Gasteiger partial charge in [-0.2, -0.15) is 0 Å². The molecule has 2 rings (SSSR count). The number of aromatic nitrogens is 2. The molecule has 0 saturated heterocycles. The summed E-state index contributed by atoms with van der Waals surface area (Å²) in [5, 5.41) is 3.51. The number of nitrogens with zero attached hydrogens (tertiary/aromatic N) is 2. The number of halogens is 1. The zero-order valence-electron chi connectivity index (χ0n) is 10.9. The third-order valence-electron chi connectivity index (χ3n) is 2.67. The van der Waals surface area contributed by atoms with Crippen molar-refractivity contribution in [3.63, 3.8) is 0 Å². The maximum absolute atomic E-state index is 6.01. The first-order valence-electron chi connectivity index (χ1n) is 5.62. The number of hydrogen-bond donors (Lipinski definition) is 1. The highest BCUT2D eigenvalue weighted by atomic mass is 35.5. The van der Waals surface area contributed by atoms with Crippen molar-refractivity contribution in [2.45, 2.75) is 0 Å². The van der Waals surface area contributed by atoms with Crippen molar-refractivity contribution >= 4 is 17.4 Å². The van der Waals surface area contributed by atoms with E-state index in [0.29, 0.717) is 28.0 Å². The molecule has 0 atom stereocenters. The average molecular weight is 280 g/mol. The fourth-order valence-electron chi connectivity index (χ4n) is 1.76. The van der Waals surface area contributed by atoms with Gasteiger partial charge in [-0.25, -0.2) is 9.97 Å². The molecule has 0 aliphatic carbocycles. The molecule has 0 fully saturated rings. The number of benzene rings is 1. The largest absolute Gasteiger partial charge is 0.495 e. The highest BCUT2D eigenvalue weighted by Crippen LogP contribution is 2.36. The number of hydrogen-bond acceptors (Lipinski definition) is 5. The van der Waals surface area contributed by atoms with Crippen molar-refractivity contribution in [2.24, 2.45) is 0 Å². The summed E-state index contributed by atoms with van der Waals surface area (Å²) in [7, 11) is 4.93. The van der Waals surface area contributed by atoms with Crippen LogP contribution in [0.1, 0.15) is 0 Å². The van der Waals surface area contributed by atoms with Gasteiger partial charge in [0.05, 0.1) is 19.2 Å². The molecule has 0 saturated carbocycles.